The van der Waals surface area contributed by atoms with Crippen molar-refractivity contribution < 1.29 is 19.1 Å². The minimum Gasteiger partial charge on any atom is -0.443 e. The van der Waals surface area contributed by atoms with Gasteiger partial charge in [-0.3, -0.25) is 14.5 Å². The molecule has 0 spiro atoms. The number of benzene rings is 3. The number of nitrogens with zero attached hydrogens (tertiary/aromatic N) is 1. The number of ketones is 1. The van der Waals surface area contributed by atoms with E-state index in [1.165, 1.54) is 6.07 Å². The zero-order valence-corrected chi connectivity index (χ0v) is 26.7. The number of hydrogen-bond donors (Lipinski definition) is 1. The summed E-state index contributed by atoms with van der Waals surface area (Å²) >= 11 is 31.6. The molecule has 0 aromatic heterocycles. The molecule has 3 aromatic carbocycles. The molecular weight excluding hydrogens is 642 g/mol. The van der Waals surface area contributed by atoms with Crippen LogP contribution in [-0.4, -0.2) is 34.3 Å². The number of carbonyl (C=O) groups is 3. The molecule has 2 aliphatic rings. The Kier molecular flexibility index (Phi) is 8.51. The molecule has 1 aliphatic heterocycles. The molecule has 1 heterocycles. The largest absolute Gasteiger partial charge is 0.443 e. The van der Waals surface area contributed by atoms with Crippen LogP contribution in [0.2, 0.25) is 15.1 Å². The van der Waals surface area contributed by atoms with Crippen molar-refractivity contribution >= 4 is 87.2 Å². The first-order chi connectivity index (χ1) is 19.6. The molecule has 1 saturated carbocycles. The zero-order chi connectivity index (χ0) is 30.6. The van der Waals surface area contributed by atoms with Gasteiger partial charge in [-0.1, -0.05) is 46.9 Å². The number of Topliss-reactive ketones (excluding diaryl/α,β-unsaturated/α-hetero) is 1. The van der Waals surface area contributed by atoms with Crippen LogP contribution in [0.25, 0.3) is 0 Å². The predicted molar refractivity (Wildman–Crippen MR) is 169 cm³/mol. The number of halogens is 5. The SMILES string of the molecule is CC(C)(C)OC(=O)N1CCc2cc(CC(=O)c3cc(NC(=O)C4C(c5cc(Cl)cc(Cl)c5)C4(Cl)Cl)ccc3Cl)ccc21. The summed E-state index contributed by atoms with van der Waals surface area (Å²) in [7, 11) is 0. The number of ether oxygens (including phenoxy) is 1. The molecule has 0 radical (unpaired) electrons. The number of anilines is 2. The number of amides is 2. The molecule has 6 nitrogen and oxygen atoms in total. The number of rotatable bonds is 6. The van der Waals surface area contributed by atoms with Gasteiger partial charge in [0.25, 0.3) is 0 Å². The van der Waals surface area contributed by atoms with Crippen molar-refractivity contribution in [3.8, 4) is 0 Å². The van der Waals surface area contributed by atoms with Crippen LogP contribution < -0.4 is 10.2 Å². The van der Waals surface area contributed by atoms with Gasteiger partial charge in [-0.05, 0) is 86.3 Å². The average molecular weight is 669 g/mol. The quantitative estimate of drug-likeness (QED) is 0.210. The lowest BCUT2D eigenvalue weighted by molar-refractivity contribution is -0.117. The summed E-state index contributed by atoms with van der Waals surface area (Å²) < 4.78 is 4.18. The second-order valence-corrected chi connectivity index (χ2v) is 14.2. The third-order valence-electron chi connectivity index (χ3n) is 7.13. The van der Waals surface area contributed by atoms with Gasteiger partial charge in [0.2, 0.25) is 5.91 Å². The molecule has 0 bridgehead atoms. The third-order valence-corrected chi connectivity index (χ3v) is 8.84. The summed E-state index contributed by atoms with van der Waals surface area (Å²) in [5.41, 5.74) is 3.23. The molecule has 1 fully saturated rings. The van der Waals surface area contributed by atoms with E-state index in [2.05, 4.69) is 5.32 Å². The number of alkyl halides is 2. The molecule has 3 aromatic rings. The maximum absolute atomic E-state index is 13.3. The van der Waals surface area contributed by atoms with Gasteiger partial charge in [0.15, 0.2) is 5.78 Å². The lowest BCUT2D eigenvalue weighted by Crippen LogP contribution is -2.35. The first-order valence-corrected chi connectivity index (χ1v) is 15.1. The Balaban J connectivity index is 1.27. The minimum atomic E-state index is -1.34. The van der Waals surface area contributed by atoms with Crippen molar-refractivity contribution in [3.05, 3.63) is 91.9 Å². The Morgan fingerprint density at radius 2 is 1.67 bits per heavy atom. The fourth-order valence-corrected chi connectivity index (χ4v) is 6.81. The molecule has 1 N–H and O–H groups in total. The number of nitrogens with one attached hydrogen (secondary N) is 1. The second kappa shape index (κ2) is 11.5. The van der Waals surface area contributed by atoms with Crippen molar-refractivity contribution in [2.75, 3.05) is 16.8 Å². The van der Waals surface area contributed by atoms with E-state index in [1.54, 1.807) is 35.2 Å². The van der Waals surface area contributed by atoms with Crippen molar-refractivity contribution in [3.63, 3.8) is 0 Å². The predicted octanol–water partition coefficient (Wildman–Crippen LogP) is 8.90. The molecule has 2 atom stereocenters. The zero-order valence-electron chi connectivity index (χ0n) is 22.9. The molecule has 220 valence electrons. The summed E-state index contributed by atoms with van der Waals surface area (Å²) in [6.45, 7) is 5.98. The van der Waals surface area contributed by atoms with Crippen LogP contribution in [0.3, 0.4) is 0 Å². The highest BCUT2D eigenvalue weighted by Gasteiger charge is 2.67. The Labute approximate surface area is 269 Å². The van der Waals surface area contributed by atoms with Crippen LogP contribution in [0.15, 0.2) is 54.6 Å². The Hall–Kier alpha value is -2.48. The van der Waals surface area contributed by atoms with Gasteiger partial charge in [-0.25, -0.2) is 4.79 Å². The summed E-state index contributed by atoms with van der Waals surface area (Å²) in [5, 5.41) is 3.90. The molecular formula is C31H27Cl5N2O4. The monoisotopic (exact) mass is 666 g/mol. The van der Waals surface area contributed by atoms with Crippen LogP contribution in [0.4, 0.5) is 16.2 Å². The van der Waals surface area contributed by atoms with Gasteiger partial charge in [0.1, 0.15) is 9.93 Å². The van der Waals surface area contributed by atoms with Crippen molar-refractivity contribution in [2.45, 2.75) is 49.5 Å². The van der Waals surface area contributed by atoms with Crippen LogP contribution in [0.1, 0.15) is 53.7 Å². The lowest BCUT2D eigenvalue weighted by Gasteiger charge is -2.24. The van der Waals surface area contributed by atoms with E-state index >= 15 is 0 Å². The second-order valence-electron chi connectivity index (χ2n) is 11.5. The molecule has 1 aliphatic carbocycles. The maximum atomic E-state index is 13.3. The molecule has 42 heavy (non-hydrogen) atoms. The Morgan fingerprint density at radius 1 is 0.976 bits per heavy atom. The van der Waals surface area contributed by atoms with Gasteiger partial charge in [-0.15, -0.1) is 23.2 Å². The molecule has 11 heteroatoms. The number of hydrogen-bond acceptors (Lipinski definition) is 4. The summed E-state index contributed by atoms with van der Waals surface area (Å²) in [5.74, 6) is -1.89. The molecule has 2 amide bonds. The van der Waals surface area contributed by atoms with Crippen LogP contribution in [-0.2, 0) is 22.4 Å². The van der Waals surface area contributed by atoms with Gasteiger partial charge < -0.3 is 10.1 Å². The highest BCUT2D eigenvalue weighted by Crippen LogP contribution is 2.65. The van der Waals surface area contributed by atoms with Crippen LogP contribution in [0, 0.1) is 5.92 Å². The highest BCUT2D eigenvalue weighted by atomic mass is 35.5. The van der Waals surface area contributed by atoms with Crippen molar-refractivity contribution in [1.29, 1.82) is 0 Å². The van der Waals surface area contributed by atoms with E-state index in [-0.39, 0.29) is 22.8 Å². The Bertz CT molecular complexity index is 1580. The van der Waals surface area contributed by atoms with E-state index in [0.717, 1.165) is 16.8 Å². The van der Waals surface area contributed by atoms with E-state index in [1.807, 2.05) is 39.0 Å². The van der Waals surface area contributed by atoms with Gasteiger partial charge >= 0.3 is 6.09 Å². The normalized spacial score (nSPS) is 18.8. The first kappa shape index (κ1) is 31.0. The van der Waals surface area contributed by atoms with E-state index < -0.39 is 33.8 Å². The van der Waals surface area contributed by atoms with E-state index in [0.29, 0.717) is 34.3 Å². The molecule has 0 saturated heterocycles. The molecule has 5 rings (SSSR count). The van der Waals surface area contributed by atoms with Gasteiger partial charge in [-0.2, -0.15) is 0 Å². The Morgan fingerprint density at radius 3 is 2.33 bits per heavy atom. The van der Waals surface area contributed by atoms with Crippen molar-refractivity contribution in [2.24, 2.45) is 5.92 Å². The minimum absolute atomic E-state index is 0.0868. The topological polar surface area (TPSA) is 75.7 Å². The highest BCUT2D eigenvalue weighted by molar-refractivity contribution is 6.53. The summed E-state index contributed by atoms with van der Waals surface area (Å²) in [6, 6.07) is 15.2. The fraction of sp³-hybridized carbons (Fsp3) is 0.323. The standard InChI is InChI=1S/C31H27Cl5N2O4/c1-30(2,3)42-29(41)38-9-8-17-10-16(4-7-24(17)38)11-25(39)22-15-21(5-6-23(22)34)37-28(40)27-26(31(27,35)36)18-12-19(32)14-20(33)13-18/h4-7,10,12-15,26-27H,8-9,11H2,1-3H3,(H,37,40). The number of carbonyl (C=O) groups excluding carboxylic acids is 3. The third kappa shape index (κ3) is 6.53. The first-order valence-electron chi connectivity index (χ1n) is 13.2. The number of fused-ring (bicyclic) bond motifs is 1. The van der Waals surface area contributed by atoms with Gasteiger partial charge in [0, 0.05) is 40.2 Å². The smallest absolute Gasteiger partial charge is 0.414 e. The molecule has 2 unspecified atom stereocenters. The van der Waals surface area contributed by atoms with Gasteiger partial charge in [0.05, 0.1) is 16.6 Å². The fourth-order valence-electron chi connectivity index (χ4n) is 5.21. The van der Waals surface area contributed by atoms with E-state index in [4.69, 9.17) is 62.7 Å². The van der Waals surface area contributed by atoms with E-state index in [9.17, 15) is 14.4 Å². The van der Waals surface area contributed by atoms with Crippen LogP contribution >= 0.6 is 58.0 Å². The summed E-state index contributed by atoms with van der Waals surface area (Å²) in [4.78, 5) is 40.7. The maximum Gasteiger partial charge on any atom is 0.414 e. The summed E-state index contributed by atoms with van der Waals surface area (Å²) in [6.07, 6.45) is 0.347. The van der Waals surface area contributed by atoms with Crippen molar-refractivity contribution in [1.82, 2.24) is 0 Å². The average Bonchev–Trinajstić information content (AvgIpc) is 3.22. The van der Waals surface area contributed by atoms with Crippen LogP contribution in [0.5, 0.6) is 0 Å². The lowest BCUT2D eigenvalue weighted by atomic mass is 10.00.